The Labute approximate surface area is 187 Å². The maximum atomic E-state index is 13.2. The summed E-state index contributed by atoms with van der Waals surface area (Å²) in [5, 5.41) is 11.7. The van der Waals surface area contributed by atoms with Crippen molar-refractivity contribution in [3.05, 3.63) is 41.4 Å². The SMILES string of the molecule is CN([C@H]1CCN([C@H](CC(C)(C)C)C(=O)O)C1=O)S(=O)(=O)c1ccc2cc(Cl)ccc2c1. The smallest absolute Gasteiger partial charge is 0.326 e. The first-order valence-electron chi connectivity index (χ1n) is 10.0. The number of benzene rings is 2. The molecule has 1 aliphatic heterocycles. The van der Waals surface area contributed by atoms with Gasteiger partial charge in [0.1, 0.15) is 12.1 Å². The highest BCUT2D eigenvalue weighted by atomic mass is 35.5. The molecule has 0 spiro atoms. The number of carboxylic acids is 1. The minimum Gasteiger partial charge on any atom is -0.480 e. The Balaban J connectivity index is 1.86. The maximum absolute atomic E-state index is 13.2. The van der Waals surface area contributed by atoms with E-state index in [1.807, 2.05) is 20.8 Å². The number of halogens is 1. The van der Waals surface area contributed by atoms with Crippen molar-refractivity contribution in [2.45, 2.75) is 50.6 Å². The van der Waals surface area contributed by atoms with E-state index in [4.69, 9.17) is 11.6 Å². The molecule has 31 heavy (non-hydrogen) atoms. The molecular formula is C22H27ClN2O5S. The Morgan fingerprint density at radius 2 is 1.84 bits per heavy atom. The summed E-state index contributed by atoms with van der Waals surface area (Å²) >= 11 is 5.99. The first-order chi connectivity index (χ1) is 14.3. The van der Waals surface area contributed by atoms with Crippen LogP contribution in [0.5, 0.6) is 0 Å². The van der Waals surface area contributed by atoms with Crippen molar-refractivity contribution in [2.75, 3.05) is 13.6 Å². The fourth-order valence-electron chi connectivity index (χ4n) is 3.93. The highest BCUT2D eigenvalue weighted by molar-refractivity contribution is 7.89. The van der Waals surface area contributed by atoms with Crippen molar-refractivity contribution < 1.29 is 23.1 Å². The average Bonchev–Trinajstić information content (AvgIpc) is 3.05. The molecule has 1 N–H and O–H groups in total. The Kier molecular flexibility index (Phi) is 6.37. The maximum Gasteiger partial charge on any atom is 0.326 e. The summed E-state index contributed by atoms with van der Waals surface area (Å²) in [6.45, 7) is 5.92. The summed E-state index contributed by atoms with van der Waals surface area (Å²) in [5.74, 6) is -1.56. The van der Waals surface area contributed by atoms with Gasteiger partial charge in [0.2, 0.25) is 15.9 Å². The molecule has 0 unspecified atom stereocenters. The summed E-state index contributed by atoms with van der Waals surface area (Å²) in [4.78, 5) is 26.2. The molecule has 0 saturated carbocycles. The molecule has 1 amide bonds. The lowest BCUT2D eigenvalue weighted by atomic mass is 9.87. The molecule has 0 aromatic heterocycles. The number of amides is 1. The van der Waals surface area contributed by atoms with E-state index in [2.05, 4.69) is 0 Å². The van der Waals surface area contributed by atoms with Crippen LogP contribution in [0.4, 0.5) is 0 Å². The molecule has 2 aromatic rings. The summed E-state index contributed by atoms with van der Waals surface area (Å²) in [6, 6.07) is 7.96. The van der Waals surface area contributed by atoms with Gasteiger partial charge in [-0.05, 0) is 53.3 Å². The fourth-order valence-corrected chi connectivity index (χ4v) is 5.49. The number of carboxylic acid groups (broad SMARTS) is 1. The Hall–Kier alpha value is -2.16. The Morgan fingerprint density at radius 3 is 2.45 bits per heavy atom. The van der Waals surface area contributed by atoms with Crippen LogP contribution in [-0.2, 0) is 19.6 Å². The molecule has 1 aliphatic rings. The van der Waals surface area contributed by atoms with Gasteiger partial charge in [0.15, 0.2) is 0 Å². The molecule has 7 nitrogen and oxygen atoms in total. The van der Waals surface area contributed by atoms with Gasteiger partial charge in [-0.3, -0.25) is 4.79 Å². The number of likely N-dealkylation sites (tertiary alicyclic amines) is 1. The minimum absolute atomic E-state index is 0.0700. The third-order valence-electron chi connectivity index (χ3n) is 5.57. The van der Waals surface area contributed by atoms with Crippen LogP contribution in [0.25, 0.3) is 10.8 Å². The molecule has 2 aromatic carbocycles. The second kappa shape index (κ2) is 8.41. The van der Waals surface area contributed by atoms with Crippen LogP contribution < -0.4 is 0 Å². The quantitative estimate of drug-likeness (QED) is 0.701. The second-order valence-electron chi connectivity index (χ2n) is 9.13. The van der Waals surface area contributed by atoms with Gasteiger partial charge in [-0.25, -0.2) is 13.2 Å². The van der Waals surface area contributed by atoms with Crippen molar-refractivity contribution in [1.82, 2.24) is 9.21 Å². The molecule has 0 aliphatic carbocycles. The van der Waals surface area contributed by atoms with E-state index in [0.717, 1.165) is 15.1 Å². The Morgan fingerprint density at radius 1 is 1.23 bits per heavy atom. The largest absolute Gasteiger partial charge is 0.480 e. The molecule has 1 saturated heterocycles. The lowest BCUT2D eigenvalue weighted by Crippen LogP contribution is -2.48. The molecule has 2 atom stereocenters. The zero-order chi connectivity index (χ0) is 23.1. The summed E-state index contributed by atoms with van der Waals surface area (Å²) in [5.41, 5.74) is -0.298. The van der Waals surface area contributed by atoms with E-state index in [1.165, 1.54) is 18.0 Å². The van der Waals surface area contributed by atoms with E-state index < -0.39 is 34.0 Å². The highest BCUT2D eigenvalue weighted by Crippen LogP contribution is 2.30. The van der Waals surface area contributed by atoms with Gasteiger partial charge in [0.05, 0.1) is 4.90 Å². The number of nitrogens with zero attached hydrogens (tertiary/aromatic N) is 2. The summed E-state index contributed by atoms with van der Waals surface area (Å²) < 4.78 is 27.5. The van der Waals surface area contributed by atoms with E-state index >= 15 is 0 Å². The second-order valence-corrected chi connectivity index (χ2v) is 11.6. The van der Waals surface area contributed by atoms with Crippen LogP contribution >= 0.6 is 11.6 Å². The summed E-state index contributed by atoms with van der Waals surface area (Å²) in [7, 11) is -2.59. The number of carbonyl (C=O) groups is 2. The molecule has 0 radical (unpaired) electrons. The van der Waals surface area contributed by atoms with Gasteiger partial charge in [-0.2, -0.15) is 4.31 Å². The van der Waals surface area contributed by atoms with Gasteiger partial charge >= 0.3 is 5.97 Å². The van der Waals surface area contributed by atoms with Crippen molar-refractivity contribution in [1.29, 1.82) is 0 Å². The minimum atomic E-state index is -3.96. The third-order valence-corrected chi connectivity index (χ3v) is 7.67. The molecular weight excluding hydrogens is 440 g/mol. The number of fused-ring (bicyclic) bond motifs is 1. The average molecular weight is 467 g/mol. The number of aliphatic carboxylic acids is 1. The van der Waals surface area contributed by atoms with Gasteiger partial charge in [-0.15, -0.1) is 0 Å². The summed E-state index contributed by atoms with van der Waals surface area (Å²) in [6.07, 6.45) is 0.524. The lowest BCUT2D eigenvalue weighted by molar-refractivity contribution is -0.150. The first kappa shape index (κ1) is 23.5. The van der Waals surface area contributed by atoms with Crippen molar-refractivity contribution >= 4 is 44.3 Å². The van der Waals surface area contributed by atoms with Gasteiger partial charge in [-0.1, -0.05) is 44.5 Å². The fraction of sp³-hybridized carbons (Fsp3) is 0.455. The van der Waals surface area contributed by atoms with Crippen LogP contribution in [0.1, 0.15) is 33.6 Å². The van der Waals surface area contributed by atoms with E-state index in [1.54, 1.807) is 30.3 Å². The van der Waals surface area contributed by atoms with E-state index in [9.17, 15) is 23.1 Å². The third kappa shape index (κ3) is 4.86. The van der Waals surface area contributed by atoms with Crippen LogP contribution in [0.3, 0.4) is 0 Å². The Bertz CT molecular complexity index is 1130. The van der Waals surface area contributed by atoms with Crippen LogP contribution in [0.15, 0.2) is 41.3 Å². The zero-order valence-corrected chi connectivity index (χ0v) is 19.6. The topological polar surface area (TPSA) is 95.0 Å². The molecule has 3 rings (SSSR count). The lowest BCUT2D eigenvalue weighted by Gasteiger charge is -2.31. The number of sulfonamides is 1. The molecule has 1 heterocycles. The predicted octanol–water partition coefficient (Wildman–Crippen LogP) is 3.60. The molecule has 0 bridgehead atoms. The van der Waals surface area contributed by atoms with Crippen LogP contribution in [0, 0.1) is 5.41 Å². The first-order valence-corrected chi connectivity index (χ1v) is 11.8. The van der Waals surface area contributed by atoms with Crippen LogP contribution in [0.2, 0.25) is 5.02 Å². The van der Waals surface area contributed by atoms with E-state index in [-0.39, 0.29) is 29.7 Å². The normalized spacial score (nSPS) is 18.7. The molecule has 9 heteroatoms. The monoisotopic (exact) mass is 466 g/mol. The number of rotatable bonds is 6. The van der Waals surface area contributed by atoms with Crippen molar-refractivity contribution in [2.24, 2.45) is 5.41 Å². The van der Waals surface area contributed by atoms with Gasteiger partial charge in [0, 0.05) is 18.6 Å². The van der Waals surface area contributed by atoms with Crippen molar-refractivity contribution in [3.8, 4) is 0 Å². The molecule has 168 valence electrons. The number of hydrogen-bond acceptors (Lipinski definition) is 4. The van der Waals surface area contributed by atoms with E-state index in [0.29, 0.717) is 5.02 Å². The number of likely N-dealkylation sites (N-methyl/N-ethyl adjacent to an activating group) is 1. The molecule has 1 fully saturated rings. The standard InChI is InChI=1S/C22H27ClN2O5S/c1-22(2,3)13-19(21(27)28)25-10-9-18(20(25)26)24(4)31(29,30)17-8-6-14-11-16(23)7-5-15(14)12-17/h5-8,11-12,18-19H,9-10,13H2,1-4H3,(H,27,28)/t18-,19+/m0/s1. The zero-order valence-electron chi connectivity index (χ0n) is 18.0. The van der Waals surface area contributed by atoms with Crippen molar-refractivity contribution in [3.63, 3.8) is 0 Å². The number of hydrogen-bond donors (Lipinski definition) is 1. The van der Waals surface area contributed by atoms with Crippen LogP contribution in [-0.4, -0.2) is 60.3 Å². The highest BCUT2D eigenvalue weighted by Gasteiger charge is 2.44. The van der Waals surface area contributed by atoms with Gasteiger partial charge < -0.3 is 10.0 Å². The predicted molar refractivity (Wildman–Crippen MR) is 120 cm³/mol. The number of carbonyl (C=O) groups excluding carboxylic acids is 1. The van der Waals surface area contributed by atoms with Gasteiger partial charge in [0.25, 0.3) is 0 Å².